The molecule has 4 aromatic heterocycles. The van der Waals surface area contributed by atoms with Crippen LogP contribution in [0.25, 0.3) is 22.2 Å². The smallest absolute Gasteiger partial charge is 0.255 e. The van der Waals surface area contributed by atoms with Crippen molar-refractivity contribution >= 4 is 16.9 Å². The van der Waals surface area contributed by atoms with Gasteiger partial charge in [-0.25, -0.2) is 9.97 Å². The van der Waals surface area contributed by atoms with Crippen LogP contribution in [-0.2, 0) is 0 Å². The summed E-state index contributed by atoms with van der Waals surface area (Å²) in [6, 6.07) is 12.2. The molecule has 6 heteroatoms. The number of pyridine rings is 4. The topological polar surface area (TPSA) is 71.9 Å². The zero-order valence-electron chi connectivity index (χ0n) is 17.4. The average molecular weight is 409 g/mol. The van der Waals surface area contributed by atoms with Crippen LogP contribution in [0.1, 0.15) is 40.4 Å². The molecule has 0 spiro atoms. The van der Waals surface area contributed by atoms with Gasteiger partial charge in [-0.05, 0) is 67.3 Å². The van der Waals surface area contributed by atoms with E-state index in [1.807, 2.05) is 36.2 Å². The average Bonchev–Trinajstić information content (AvgIpc) is 2.83. The summed E-state index contributed by atoms with van der Waals surface area (Å²) in [5.74, 6) is 0.400. The molecule has 6 nitrogen and oxygen atoms in total. The molecule has 0 N–H and O–H groups in total. The molecule has 0 bridgehead atoms. The molecule has 5 rings (SSSR count). The lowest BCUT2D eigenvalue weighted by atomic mass is 9.92. The largest absolute Gasteiger partial charge is 0.339 e. The Hall–Kier alpha value is -3.67. The molecule has 4 aromatic rings. The fourth-order valence-electron chi connectivity index (χ4n) is 4.19. The van der Waals surface area contributed by atoms with Crippen molar-refractivity contribution in [1.82, 2.24) is 24.8 Å². The number of carbonyl (C=O) groups excluding carboxylic acids is 1. The van der Waals surface area contributed by atoms with E-state index >= 15 is 0 Å². The van der Waals surface area contributed by atoms with E-state index in [1.54, 1.807) is 24.8 Å². The van der Waals surface area contributed by atoms with Crippen molar-refractivity contribution in [3.05, 3.63) is 84.2 Å². The lowest BCUT2D eigenvalue weighted by Gasteiger charge is -2.31. The van der Waals surface area contributed by atoms with Gasteiger partial charge in [-0.2, -0.15) is 0 Å². The minimum absolute atomic E-state index is 0.0615. The van der Waals surface area contributed by atoms with Crippen LogP contribution in [0.3, 0.4) is 0 Å². The summed E-state index contributed by atoms with van der Waals surface area (Å²) in [5.41, 5.74) is 5.63. The molecular weight excluding hydrogens is 386 g/mol. The molecule has 1 aliphatic rings. The predicted molar refractivity (Wildman–Crippen MR) is 120 cm³/mol. The van der Waals surface area contributed by atoms with Crippen molar-refractivity contribution in [2.75, 3.05) is 13.1 Å². The molecule has 0 radical (unpaired) electrons. The molecule has 1 amide bonds. The number of fused-ring (bicyclic) bond motifs is 1. The third kappa shape index (κ3) is 4.01. The second-order valence-corrected chi connectivity index (χ2v) is 8.06. The maximum absolute atomic E-state index is 12.8. The molecule has 5 heterocycles. The van der Waals surface area contributed by atoms with Crippen LogP contribution in [0.5, 0.6) is 0 Å². The Labute approximate surface area is 181 Å². The van der Waals surface area contributed by atoms with Crippen LogP contribution < -0.4 is 0 Å². The monoisotopic (exact) mass is 409 g/mol. The highest BCUT2D eigenvalue weighted by atomic mass is 16.2. The maximum atomic E-state index is 12.8. The molecule has 0 atom stereocenters. The fraction of sp³-hybridized carbons (Fsp3) is 0.240. The van der Waals surface area contributed by atoms with Crippen molar-refractivity contribution in [1.29, 1.82) is 0 Å². The second kappa shape index (κ2) is 8.22. The number of aromatic nitrogens is 4. The van der Waals surface area contributed by atoms with Crippen LogP contribution in [0.4, 0.5) is 0 Å². The molecule has 0 unspecified atom stereocenters. The van der Waals surface area contributed by atoms with Crippen molar-refractivity contribution in [3.63, 3.8) is 0 Å². The number of hydrogen-bond acceptors (Lipinski definition) is 5. The quantitative estimate of drug-likeness (QED) is 0.501. The van der Waals surface area contributed by atoms with Crippen molar-refractivity contribution in [3.8, 4) is 11.1 Å². The molecule has 0 saturated carbocycles. The summed E-state index contributed by atoms with van der Waals surface area (Å²) >= 11 is 0. The number of nitrogens with zero attached hydrogens (tertiary/aromatic N) is 5. The van der Waals surface area contributed by atoms with Crippen molar-refractivity contribution in [2.45, 2.75) is 25.7 Å². The molecule has 0 aliphatic carbocycles. The van der Waals surface area contributed by atoms with E-state index in [4.69, 9.17) is 4.98 Å². The highest BCUT2D eigenvalue weighted by molar-refractivity contribution is 5.94. The summed E-state index contributed by atoms with van der Waals surface area (Å²) in [5, 5.41) is 1.03. The Morgan fingerprint density at radius 2 is 1.74 bits per heavy atom. The molecule has 0 aromatic carbocycles. The fourth-order valence-corrected chi connectivity index (χ4v) is 4.19. The summed E-state index contributed by atoms with van der Waals surface area (Å²) in [6.07, 6.45) is 10.7. The van der Waals surface area contributed by atoms with Gasteiger partial charge in [0.05, 0.1) is 5.56 Å². The number of aryl methyl sites for hydroxylation is 1. The Bertz CT molecular complexity index is 1230. The van der Waals surface area contributed by atoms with E-state index in [0.29, 0.717) is 11.5 Å². The number of amides is 1. The number of piperidine rings is 1. The van der Waals surface area contributed by atoms with E-state index in [0.717, 1.165) is 59.3 Å². The summed E-state index contributed by atoms with van der Waals surface area (Å²) in [6.45, 7) is 3.41. The van der Waals surface area contributed by atoms with Gasteiger partial charge in [0.25, 0.3) is 5.91 Å². The van der Waals surface area contributed by atoms with E-state index in [1.165, 1.54) is 0 Å². The minimum Gasteiger partial charge on any atom is -0.339 e. The van der Waals surface area contributed by atoms with E-state index in [-0.39, 0.29) is 5.91 Å². The first-order valence-electron chi connectivity index (χ1n) is 10.6. The van der Waals surface area contributed by atoms with Crippen molar-refractivity contribution in [2.24, 2.45) is 0 Å². The lowest BCUT2D eigenvalue weighted by molar-refractivity contribution is 0.0711. The van der Waals surface area contributed by atoms with E-state index in [2.05, 4.69) is 33.2 Å². The zero-order valence-corrected chi connectivity index (χ0v) is 17.4. The van der Waals surface area contributed by atoms with Crippen LogP contribution in [-0.4, -0.2) is 43.8 Å². The molecule has 1 fully saturated rings. The Morgan fingerprint density at radius 1 is 0.935 bits per heavy atom. The third-order valence-corrected chi connectivity index (χ3v) is 5.90. The van der Waals surface area contributed by atoms with Crippen LogP contribution in [0.15, 0.2) is 67.4 Å². The molecule has 1 aliphatic heterocycles. The Kier molecular flexibility index (Phi) is 5.12. The first-order chi connectivity index (χ1) is 15.2. The van der Waals surface area contributed by atoms with Gasteiger partial charge in [0, 0.05) is 66.6 Å². The first-order valence-corrected chi connectivity index (χ1v) is 10.6. The van der Waals surface area contributed by atoms with Crippen LogP contribution in [0, 0.1) is 6.92 Å². The number of carbonyl (C=O) groups is 1. The second-order valence-electron chi connectivity index (χ2n) is 8.06. The Morgan fingerprint density at radius 3 is 2.52 bits per heavy atom. The standard InChI is InChI=1S/C25H23N5O/c1-17-12-22(15-27-14-17)25(31)30-10-6-19(7-11-30)23-3-2-20-13-21(16-28-24(20)29-23)18-4-8-26-9-5-18/h2-5,8-9,12-16,19H,6-7,10-11H2,1H3. The molecule has 154 valence electrons. The molecular formula is C25H23N5O. The van der Waals surface area contributed by atoms with Crippen LogP contribution >= 0.6 is 0 Å². The number of rotatable bonds is 3. The normalized spacial score (nSPS) is 14.7. The van der Waals surface area contributed by atoms with Crippen LogP contribution in [0.2, 0.25) is 0 Å². The minimum atomic E-state index is 0.0615. The van der Waals surface area contributed by atoms with E-state index < -0.39 is 0 Å². The first kappa shape index (κ1) is 19.3. The van der Waals surface area contributed by atoms with Gasteiger partial charge in [0.15, 0.2) is 5.65 Å². The maximum Gasteiger partial charge on any atom is 0.255 e. The van der Waals surface area contributed by atoms with Gasteiger partial charge in [0.2, 0.25) is 0 Å². The number of hydrogen-bond donors (Lipinski definition) is 0. The van der Waals surface area contributed by atoms with Gasteiger partial charge in [-0.1, -0.05) is 0 Å². The van der Waals surface area contributed by atoms with Gasteiger partial charge >= 0.3 is 0 Å². The van der Waals surface area contributed by atoms with Gasteiger partial charge in [-0.3, -0.25) is 14.8 Å². The predicted octanol–water partition coefficient (Wildman–Crippen LogP) is 4.42. The molecule has 1 saturated heterocycles. The summed E-state index contributed by atoms with van der Waals surface area (Å²) < 4.78 is 0. The molecule has 31 heavy (non-hydrogen) atoms. The highest BCUT2D eigenvalue weighted by Crippen LogP contribution is 2.29. The number of likely N-dealkylation sites (tertiary alicyclic amines) is 1. The van der Waals surface area contributed by atoms with Crippen molar-refractivity contribution < 1.29 is 4.79 Å². The highest BCUT2D eigenvalue weighted by Gasteiger charge is 2.25. The third-order valence-electron chi connectivity index (χ3n) is 5.90. The zero-order chi connectivity index (χ0) is 21.2. The summed E-state index contributed by atoms with van der Waals surface area (Å²) in [7, 11) is 0. The summed E-state index contributed by atoms with van der Waals surface area (Å²) in [4.78, 5) is 32.4. The van der Waals surface area contributed by atoms with Gasteiger partial charge < -0.3 is 4.90 Å². The Balaban J connectivity index is 1.30. The lowest BCUT2D eigenvalue weighted by Crippen LogP contribution is -2.38. The van der Waals surface area contributed by atoms with Gasteiger partial charge in [0.1, 0.15) is 0 Å². The SMILES string of the molecule is Cc1cncc(C(=O)N2CCC(c3ccc4cc(-c5ccncc5)cnc4n3)CC2)c1. The van der Waals surface area contributed by atoms with Gasteiger partial charge in [-0.15, -0.1) is 0 Å². The van der Waals surface area contributed by atoms with E-state index in [9.17, 15) is 4.79 Å².